The number of nitrogens with one attached hydrogen (secondary N) is 1. The van der Waals surface area contributed by atoms with E-state index in [2.05, 4.69) is 15.5 Å². The summed E-state index contributed by atoms with van der Waals surface area (Å²) in [4.78, 5) is 0. The first-order chi connectivity index (χ1) is 7.29. The normalized spacial score (nSPS) is 10.3. The van der Waals surface area contributed by atoms with E-state index in [0.29, 0.717) is 11.9 Å². The molecule has 2 rings (SSSR count). The fourth-order valence-corrected chi connectivity index (χ4v) is 1.21. The summed E-state index contributed by atoms with van der Waals surface area (Å²) in [6.45, 7) is 2.25. The zero-order valence-electron chi connectivity index (χ0n) is 8.40. The van der Waals surface area contributed by atoms with Crippen LogP contribution in [0, 0.1) is 6.92 Å². The molecular weight excluding hydrogens is 192 g/mol. The lowest BCUT2D eigenvalue weighted by atomic mass is 10.2. The molecule has 15 heavy (non-hydrogen) atoms. The Morgan fingerprint density at radius 1 is 1.33 bits per heavy atom. The lowest BCUT2D eigenvalue weighted by Crippen LogP contribution is -1.95. The van der Waals surface area contributed by atoms with Gasteiger partial charge in [-0.2, -0.15) is 0 Å². The van der Waals surface area contributed by atoms with Crippen molar-refractivity contribution in [3.8, 4) is 0 Å². The predicted molar refractivity (Wildman–Crippen MR) is 56.7 cm³/mol. The van der Waals surface area contributed by atoms with Crippen molar-refractivity contribution in [1.29, 1.82) is 0 Å². The van der Waals surface area contributed by atoms with Crippen molar-refractivity contribution in [2.75, 3.05) is 5.32 Å². The number of anilines is 2. The van der Waals surface area contributed by atoms with Crippen molar-refractivity contribution >= 4 is 11.7 Å². The van der Waals surface area contributed by atoms with Crippen molar-refractivity contribution in [2.24, 2.45) is 5.73 Å². The van der Waals surface area contributed by atoms with Gasteiger partial charge in [0.05, 0.1) is 6.54 Å². The fraction of sp³-hybridized carbons (Fsp3) is 0.200. The Balaban J connectivity index is 2.18. The summed E-state index contributed by atoms with van der Waals surface area (Å²) in [7, 11) is 0. The highest BCUT2D eigenvalue weighted by atomic mass is 16.4. The smallest absolute Gasteiger partial charge is 0.320 e. The summed E-state index contributed by atoms with van der Waals surface area (Å²) in [6.07, 6.45) is 0. The van der Waals surface area contributed by atoms with Crippen LogP contribution in [0.2, 0.25) is 0 Å². The summed E-state index contributed by atoms with van der Waals surface area (Å²) in [5.41, 5.74) is 7.43. The zero-order chi connectivity index (χ0) is 10.7. The van der Waals surface area contributed by atoms with E-state index in [1.54, 1.807) is 0 Å². The molecule has 78 valence electrons. The average Bonchev–Trinajstić information content (AvgIpc) is 2.69. The van der Waals surface area contributed by atoms with Gasteiger partial charge in [0.25, 0.3) is 0 Å². The quantitative estimate of drug-likeness (QED) is 0.793. The van der Waals surface area contributed by atoms with Gasteiger partial charge in [0, 0.05) is 5.69 Å². The van der Waals surface area contributed by atoms with E-state index in [9.17, 15) is 0 Å². The molecule has 5 nitrogen and oxygen atoms in total. The number of aromatic nitrogens is 2. The van der Waals surface area contributed by atoms with Gasteiger partial charge in [-0.25, -0.2) is 0 Å². The van der Waals surface area contributed by atoms with Gasteiger partial charge in [-0.05, 0) is 18.6 Å². The fourth-order valence-electron chi connectivity index (χ4n) is 1.21. The first-order valence-corrected chi connectivity index (χ1v) is 4.64. The van der Waals surface area contributed by atoms with Crippen LogP contribution < -0.4 is 11.1 Å². The number of hydrogen-bond donors (Lipinski definition) is 2. The van der Waals surface area contributed by atoms with Gasteiger partial charge in [-0.3, -0.25) is 0 Å². The van der Waals surface area contributed by atoms with Gasteiger partial charge >= 0.3 is 6.01 Å². The third-order valence-corrected chi connectivity index (χ3v) is 2.03. The van der Waals surface area contributed by atoms with Crippen LogP contribution in [0.4, 0.5) is 11.7 Å². The van der Waals surface area contributed by atoms with Gasteiger partial charge in [-0.15, -0.1) is 5.10 Å². The molecule has 0 fully saturated rings. The largest absolute Gasteiger partial charge is 0.406 e. The molecule has 0 radical (unpaired) electrons. The minimum atomic E-state index is 0.252. The van der Waals surface area contributed by atoms with Gasteiger partial charge < -0.3 is 15.5 Å². The lowest BCUT2D eigenvalue weighted by molar-refractivity contribution is 0.511. The number of para-hydroxylation sites is 1. The zero-order valence-corrected chi connectivity index (χ0v) is 8.40. The van der Waals surface area contributed by atoms with Crippen molar-refractivity contribution in [3.05, 3.63) is 35.7 Å². The number of rotatable bonds is 3. The van der Waals surface area contributed by atoms with Gasteiger partial charge in [0.2, 0.25) is 5.89 Å². The van der Waals surface area contributed by atoms with Gasteiger partial charge in [-0.1, -0.05) is 23.3 Å². The second kappa shape index (κ2) is 4.10. The standard InChI is InChI=1S/C10H12N4O/c1-7-4-2-3-5-8(7)12-10-14-13-9(6-11)15-10/h2-5H,6,11H2,1H3,(H,12,14). The molecule has 0 spiro atoms. The number of nitrogens with zero attached hydrogens (tertiary/aromatic N) is 2. The van der Waals surface area contributed by atoms with Crippen molar-refractivity contribution in [2.45, 2.75) is 13.5 Å². The molecule has 1 aromatic carbocycles. The second-order valence-corrected chi connectivity index (χ2v) is 3.14. The molecule has 0 saturated heterocycles. The van der Waals surface area contributed by atoms with Crippen LogP contribution in [-0.2, 0) is 6.54 Å². The first kappa shape index (κ1) is 9.67. The molecule has 0 aliphatic rings. The minimum absolute atomic E-state index is 0.252. The third-order valence-electron chi connectivity index (χ3n) is 2.03. The molecule has 0 aliphatic heterocycles. The van der Waals surface area contributed by atoms with Crippen LogP contribution in [-0.4, -0.2) is 10.2 Å². The van der Waals surface area contributed by atoms with Crippen LogP contribution in [0.15, 0.2) is 28.7 Å². The second-order valence-electron chi connectivity index (χ2n) is 3.14. The highest BCUT2D eigenvalue weighted by Gasteiger charge is 2.05. The molecule has 5 heteroatoms. The molecular formula is C10H12N4O. The van der Waals surface area contributed by atoms with E-state index in [-0.39, 0.29) is 6.54 Å². The van der Waals surface area contributed by atoms with Crippen LogP contribution >= 0.6 is 0 Å². The summed E-state index contributed by atoms with van der Waals surface area (Å²) in [5.74, 6) is 0.422. The Bertz CT molecular complexity index is 452. The molecule has 2 aromatic rings. The molecule has 0 saturated carbocycles. The average molecular weight is 204 g/mol. The van der Waals surface area contributed by atoms with E-state index < -0.39 is 0 Å². The van der Waals surface area contributed by atoms with E-state index >= 15 is 0 Å². The van der Waals surface area contributed by atoms with Gasteiger partial charge in [0.1, 0.15) is 0 Å². The van der Waals surface area contributed by atoms with Crippen molar-refractivity contribution < 1.29 is 4.42 Å². The Kier molecular flexibility index (Phi) is 2.64. The number of benzene rings is 1. The first-order valence-electron chi connectivity index (χ1n) is 4.64. The summed E-state index contributed by atoms with van der Waals surface area (Å²) in [5, 5.41) is 10.6. The minimum Gasteiger partial charge on any atom is -0.406 e. The van der Waals surface area contributed by atoms with E-state index in [1.165, 1.54) is 0 Å². The van der Waals surface area contributed by atoms with E-state index in [1.807, 2.05) is 31.2 Å². The topological polar surface area (TPSA) is 77.0 Å². The molecule has 1 heterocycles. The molecule has 0 amide bonds. The maximum Gasteiger partial charge on any atom is 0.320 e. The third kappa shape index (κ3) is 2.13. The SMILES string of the molecule is Cc1ccccc1Nc1nnc(CN)o1. The highest BCUT2D eigenvalue weighted by Crippen LogP contribution is 2.18. The van der Waals surface area contributed by atoms with Crippen molar-refractivity contribution in [3.63, 3.8) is 0 Å². The number of nitrogens with two attached hydrogens (primary N) is 1. The Morgan fingerprint density at radius 2 is 2.13 bits per heavy atom. The predicted octanol–water partition coefficient (Wildman–Crippen LogP) is 1.58. The summed E-state index contributed by atoms with van der Waals surface area (Å²) in [6, 6.07) is 8.23. The van der Waals surface area contributed by atoms with Crippen LogP contribution in [0.3, 0.4) is 0 Å². The lowest BCUT2D eigenvalue weighted by Gasteiger charge is -2.03. The monoisotopic (exact) mass is 204 g/mol. The Labute approximate surface area is 87.3 Å². The molecule has 0 atom stereocenters. The summed E-state index contributed by atoms with van der Waals surface area (Å²) >= 11 is 0. The molecule has 0 aliphatic carbocycles. The van der Waals surface area contributed by atoms with E-state index in [4.69, 9.17) is 10.2 Å². The van der Waals surface area contributed by atoms with Crippen molar-refractivity contribution in [1.82, 2.24) is 10.2 Å². The molecule has 1 aromatic heterocycles. The highest BCUT2D eigenvalue weighted by molar-refractivity contribution is 5.56. The molecule has 0 bridgehead atoms. The maximum absolute atomic E-state index is 5.36. The Hall–Kier alpha value is -1.88. The number of hydrogen-bond acceptors (Lipinski definition) is 5. The van der Waals surface area contributed by atoms with Crippen LogP contribution in [0.25, 0.3) is 0 Å². The maximum atomic E-state index is 5.36. The molecule has 3 N–H and O–H groups in total. The van der Waals surface area contributed by atoms with Crippen LogP contribution in [0.1, 0.15) is 11.5 Å². The van der Waals surface area contributed by atoms with Gasteiger partial charge in [0.15, 0.2) is 0 Å². The van der Waals surface area contributed by atoms with E-state index in [0.717, 1.165) is 11.3 Å². The van der Waals surface area contributed by atoms with Crippen LogP contribution in [0.5, 0.6) is 0 Å². The molecule has 0 unspecified atom stereocenters. The summed E-state index contributed by atoms with van der Waals surface area (Å²) < 4.78 is 5.23. The number of aryl methyl sites for hydroxylation is 1. The Morgan fingerprint density at radius 3 is 2.80 bits per heavy atom.